The van der Waals surface area contributed by atoms with Crippen LogP contribution in [0.25, 0.3) is 0 Å². The Kier molecular flexibility index (Phi) is 8.18. The molecular formula is C19H27IN4S. The Balaban J connectivity index is 0.00000225. The molecule has 6 heteroatoms. The van der Waals surface area contributed by atoms with E-state index in [9.17, 15) is 0 Å². The topological polar surface area (TPSA) is 30.9 Å². The largest absolute Gasteiger partial charge is 0.355 e. The van der Waals surface area contributed by atoms with Gasteiger partial charge in [-0.1, -0.05) is 30.3 Å². The quantitative estimate of drug-likeness (QED) is 0.413. The van der Waals surface area contributed by atoms with Crippen molar-refractivity contribution in [3.05, 3.63) is 57.8 Å². The van der Waals surface area contributed by atoms with Crippen molar-refractivity contribution in [2.45, 2.75) is 19.5 Å². The fourth-order valence-corrected chi connectivity index (χ4v) is 3.82. The molecule has 3 rings (SSSR count). The van der Waals surface area contributed by atoms with Crippen molar-refractivity contribution in [3.63, 3.8) is 0 Å². The van der Waals surface area contributed by atoms with Crippen LogP contribution in [-0.4, -0.2) is 49.5 Å². The molecule has 1 aliphatic rings. The van der Waals surface area contributed by atoms with Gasteiger partial charge in [0.15, 0.2) is 5.96 Å². The summed E-state index contributed by atoms with van der Waals surface area (Å²) in [6.07, 6.45) is 1.19. The number of thiophene rings is 1. The van der Waals surface area contributed by atoms with Gasteiger partial charge in [0.2, 0.25) is 0 Å². The van der Waals surface area contributed by atoms with Gasteiger partial charge in [0.25, 0.3) is 0 Å². The lowest BCUT2D eigenvalue weighted by Crippen LogP contribution is -2.42. The van der Waals surface area contributed by atoms with Crippen LogP contribution in [0.15, 0.2) is 46.8 Å². The molecule has 0 saturated carbocycles. The third kappa shape index (κ3) is 5.97. The van der Waals surface area contributed by atoms with Gasteiger partial charge >= 0.3 is 0 Å². The molecule has 0 unspecified atom stereocenters. The third-order valence-electron chi connectivity index (χ3n) is 4.28. The molecule has 2 aromatic rings. The molecule has 0 radical (unpaired) electrons. The number of nitrogens with one attached hydrogen (secondary N) is 1. The van der Waals surface area contributed by atoms with E-state index in [1.165, 1.54) is 17.5 Å². The predicted molar refractivity (Wildman–Crippen MR) is 118 cm³/mol. The smallest absolute Gasteiger partial charge is 0.193 e. The Morgan fingerprint density at radius 1 is 1.24 bits per heavy atom. The number of hydrogen-bond acceptors (Lipinski definition) is 3. The molecular weight excluding hydrogens is 443 g/mol. The van der Waals surface area contributed by atoms with E-state index in [0.717, 1.165) is 32.1 Å². The SMILES string of the molecule is CN(C)C(=NCc1ccccc1)NCCN1CCc2sccc2C1.I. The zero-order valence-electron chi connectivity index (χ0n) is 14.9. The maximum absolute atomic E-state index is 4.72. The first-order valence-corrected chi connectivity index (χ1v) is 9.37. The molecule has 1 aromatic carbocycles. The summed E-state index contributed by atoms with van der Waals surface area (Å²) in [5.41, 5.74) is 2.75. The van der Waals surface area contributed by atoms with E-state index < -0.39 is 0 Å². The Morgan fingerprint density at radius 2 is 2.04 bits per heavy atom. The van der Waals surface area contributed by atoms with E-state index in [2.05, 4.69) is 50.8 Å². The number of halogens is 1. The lowest BCUT2D eigenvalue weighted by atomic mass is 10.1. The molecule has 2 heterocycles. The molecule has 4 nitrogen and oxygen atoms in total. The van der Waals surface area contributed by atoms with Crippen LogP contribution in [0.1, 0.15) is 16.0 Å². The molecule has 1 aliphatic heterocycles. The number of benzene rings is 1. The highest BCUT2D eigenvalue weighted by Gasteiger charge is 2.16. The molecule has 0 amide bonds. The minimum Gasteiger partial charge on any atom is -0.355 e. The molecule has 0 spiro atoms. The second kappa shape index (κ2) is 10.1. The molecule has 0 saturated heterocycles. The maximum atomic E-state index is 4.72. The standard InChI is InChI=1S/C19H26N4S.HI/c1-22(2)19(21-14-16-6-4-3-5-7-16)20-10-12-23-11-8-18-17(15-23)9-13-24-18;/h3-7,9,13H,8,10-12,14-15H2,1-2H3,(H,20,21);1H. The van der Waals surface area contributed by atoms with Gasteiger partial charge in [-0.3, -0.25) is 4.90 Å². The van der Waals surface area contributed by atoms with Gasteiger partial charge in [0, 0.05) is 45.2 Å². The normalized spacial score (nSPS) is 14.6. The Hall–Kier alpha value is -1.12. The number of guanidine groups is 1. The average Bonchev–Trinajstić information content (AvgIpc) is 3.06. The summed E-state index contributed by atoms with van der Waals surface area (Å²) in [6.45, 7) is 4.93. The summed E-state index contributed by atoms with van der Waals surface area (Å²) >= 11 is 1.90. The van der Waals surface area contributed by atoms with Gasteiger partial charge in [-0.15, -0.1) is 35.3 Å². The summed E-state index contributed by atoms with van der Waals surface area (Å²) in [7, 11) is 4.07. The van der Waals surface area contributed by atoms with E-state index in [-0.39, 0.29) is 24.0 Å². The molecule has 1 aromatic heterocycles. The monoisotopic (exact) mass is 470 g/mol. The summed E-state index contributed by atoms with van der Waals surface area (Å²) in [5, 5.41) is 5.71. The molecule has 1 N–H and O–H groups in total. The van der Waals surface area contributed by atoms with Crippen LogP contribution in [0.5, 0.6) is 0 Å². The molecule has 0 bridgehead atoms. The van der Waals surface area contributed by atoms with Crippen molar-refractivity contribution in [2.75, 3.05) is 33.7 Å². The van der Waals surface area contributed by atoms with E-state index in [1.54, 1.807) is 4.88 Å². The first-order valence-electron chi connectivity index (χ1n) is 8.49. The van der Waals surface area contributed by atoms with Crippen molar-refractivity contribution >= 4 is 41.3 Å². The zero-order chi connectivity index (χ0) is 16.8. The number of hydrogen-bond donors (Lipinski definition) is 1. The lowest BCUT2D eigenvalue weighted by molar-refractivity contribution is 0.259. The molecule has 0 fully saturated rings. The van der Waals surface area contributed by atoms with Crippen LogP contribution < -0.4 is 5.32 Å². The van der Waals surface area contributed by atoms with Gasteiger partial charge in [0.1, 0.15) is 0 Å². The second-order valence-corrected chi connectivity index (χ2v) is 7.34. The number of rotatable bonds is 5. The van der Waals surface area contributed by atoms with Gasteiger partial charge < -0.3 is 10.2 Å². The van der Waals surface area contributed by atoms with Gasteiger partial charge in [-0.05, 0) is 29.0 Å². The van der Waals surface area contributed by atoms with Gasteiger partial charge in [-0.25, -0.2) is 4.99 Å². The van der Waals surface area contributed by atoms with Gasteiger partial charge in [0.05, 0.1) is 6.54 Å². The van der Waals surface area contributed by atoms with Crippen molar-refractivity contribution in [1.82, 2.24) is 15.1 Å². The first-order chi connectivity index (χ1) is 11.7. The number of fused-ring (bicyclic) bond motifs is 1. The summed E-state index contributed by atoms with van der Waals surface area (Å²) in [5.74, 6) is 0.951. The van der Waals surface area contributed by atoms with E-state index in [1.807, 2.05) is 31.5 Å². The van der Waals surface area contributed by atoms with Crippen molar-refractivity contribution in [1.29, 1.82) is 0 Å². The van der Waals surface area contributed by atoms with Crippen molar-refractivity contribution < 1.29 is 0 Å². The van der Waals surface area contributed by atoms with Crippen LogP contribution in [0.2, 0.25) is 0 Å². The van der Waals surface area contributed by atoms with Crippen LogP contribution in [0.4, 0.5) is 0 Å². The maximum Gasteiger partial charge on any atom is 0.193 e. The van der Waals surface area contributed by atoms with Crippen LogP contribution >= 0.6 is 35.3 Å². The fraction of sp³-hybridized carbons (Fsp3) is 0.421. The average molecular weight is 470 g/mol. The Bertz CT molecular complexity index is 669. The van der Waals surface area contributed by atoms with E-state index >= 15 is 0 Å². The molecule has 25 heavy (non-hydrogen) atoms. The van der Waals surface area contributed by atoms with E-state index in [4.69, 9.17) is 4.99 Å². The summed E-state index contributed by atoms with van der Waals surface area (Å²) in [4.78, 5) is 10.9. The Labute approximate surface area is 172 Å². The lowest BCUT2D eigenvalue weighted by Gasteiger charge is -2.27. The predicted octanol–water partition coefficient (Wildman–Crippen LogP) is 3.43. The minimum absolute atomic E-state index is 0. The Morgan fingerprint density at radius 3 is 2.80 bits per heavy atom. The minimum atomic E-state index is 0. The van der Waals surface area contributed by atoms with Crippen LogP contribution in [0.3, 0.4) is 0 Å². The first kappa shape index (κ1) is 20.2. The molecule has 0 aliphatic carbocycles. The van der Waals surface area contributed by atoms with Crippen molar-refractivity contribution in [3.8, 4) is 0 Å². The highest BCUT2D eigenvalue weighted by Crippen LogP contribution is 2.23. The van der Waals surface area contributed by atoms with Crippen LogP contribution in [-0.2, 0) is 19.5 Å². The second-order valence-electron chi connectivity index (χ2n) is 6.34. The van der Waals surface area contributed by atoms with Crippen LogP contribution in [0, 0.1) is 0 Å². The number of aliphatic imine (C=N–C) groups is 1. The van der Waals surface area contributed by atoms with Crippen molar-refractivity contribution in [2.24, 2.45) is 4.99 Å². The third-order valence-corrected chi connectivity index (χ3v) is 5.30. The summed E-state index contributed by atoms with van der Waals surface area (Å²) < 4.78 is 0. The number of nitrogens with zero attached hydrogens (tertiary/aromatic N) is 3. The highest BCUT2D eigenvalue weighted by molar-refractivity contribution is 14.0. The highest BCUT2D eigenvalue weighted by atomic mass is 127. The molecule has 136 valence electrons. The zero-order valence-corrected chi connectivity index (χ0v) is 18.1. The molecule has 0 atom stereocenters. The fourth-order valence-electron chi connectivity index (χ4n) is 2.93. The van der Waals surface area contributed by atoms with E-state index in [0.29, 0.717) is 6.54 Å². The van der Waals surface area contributed by atoms with Gasteiger partial charge in [-0.2, -0.15) is 0 Å². The summed E-state index contributed by atoms with van der Waals surface area (Å²) in [6, 6.07) is 12.7.